The number of carbonyl (C=O) groups excluding carboxylic acids is 12. The van der Waals surface area contributed by atoms with E-state index < -0.39 is 317 Å². The number of hydrogen-bond acceptors (Lipinski definition) is 38. The Morgan fingerprint density at radius 3 is 0.622 bits per heavy atom. The van der Waals surface area contributed by atoms with E-state index in [0.717, 1.165) is 52.0 Å². The molecular weight excluding hydrogens is 1970 g/mol. The molecule has 148 heavy (non-hydrogen) atoms. The van der Waals surface area contributed by atoms with E-state index >= 15 is 0 Å². The van der Waals surface area contributed by atoms with E-state index in [2.05, 4.69) is 85.1 Å². The second-order valence-corrected chi connectivity index (χ2v) is 34.6. The number of aliphatic carboxylic acids is 4. The molecule has 62 heteroatoms. The summed E-state index contributed by atoms with van der Waals surface area (Å²) in [6.45, 7) is -1.40. The highest BCUT2D eigenvalue weighted by Crippen LogP contribution is 2.31. The number of unbranched alkanes of at least 4 members (excludes halogenated alkanes) is 12. The summed E-state index contributed by atoms with van der Waals surface area (Å²) in [5, 5.41) is 195. The summed E-state index contributed by atoms with van der Waals surface area (Å²) in [5.74, 6) is -16.9. The number of rotatable bonds is 67. The first-order valence-electron chi connectivity index (χ1n) is 47.5. The molecule has 836 valence electrons. The SMILES string of the molecule is CC(=O)N[C@H]1[C@H]([C@H](OC(=O)NCCCCCCNC(=O)CN(CCN(CC(=O)NCCCCCCNC(=O)O[C@H](C(O)CO)[C@@H]2OC(C(=O)O)=C[C@H](NC(=N)N)[C@H]2NC(C)=O)CC(=O)NCCCCCCNC(=O)O[C@H](C(O)CO)[C@H]2OC(C(=O)O)=C[C@H](NC(=N)N)[C@H]2NC(C)=O)CC(=O)NCCCCCCNC(=O)O[C@H](C(O)CO)[C@@H]2OC(C(=O)O)=C[C@H](NC(=N)N)[C@H]2NC(C)=O)C(O)CO)OC(C(=O)O)=C[C@@H]1NC(=N)N.[HH]. The molecular formula is C86H146N26O36. The fraction of sp³-hybridized carbons (Fsp3) is 0.674. The first-order chi connectivity index (χ1) is 70.1. The van der Waals surface area contributed by atoms with Crippen molar-refractivity contribution < 1.29 is 177 Å². The molecule has 0 fully saturated rings. The second-order valence-electron chi connectivity index (χ2n) is 34.6. The maximum atomic E-state index is 13.9. The summed E-state index contributed by atoms with van der Waals surface area (Å²) in [7, 11) is 0. The van der Waals surface area contributed by atoms with Gasteiger partial charge >= 0.3 is 48.3 Å². The lowest BCUT2D eigenvalue weighted by Gasteiger charge is -2.41. The van der Waals surface area contributed by atoms with Crippen molar-refractivity contribution in [2.45, 2.75) is 252 Å². The van der Waals surface area contributed by atoms with E-state index in [4.69, 9.17) is 82.5 Å². The Balaban J connectivity index is 0.0000570. The van der Waals surface area contributed by atoms with E-state index in [1.54, 1.807) is 0 Å². The van der Waals surface area contributed by atoms with Gasteiger partial charge in [0.05, 0.1) is 101 Å². The van der Waals surface area contributed by atoms with Gasteiger partial charge in [-0.1, -0.05) is 51.4 Å². The van der Waals surface area contributed by atoms with Gasteiger partial charge in [-0.05, 0) is 75.7 Å². The molecule has 0 radical (unpaired) electrons. The zero-order valence-corrected chi connectivity index (χ0v) is 82.3. The Morgan fingerprint density at radius 1 is 0.304 bits per heavy atom. The second kappa shape index (κ2) is 66.6. The Kier molecular flexibility index (Phi) is 56.7. The smallest absolute Gasteiger partial charge is 0.407 e. The number of nitrogens with two attached hydrogens (primary N) is 4. The summed E-state index contributed by atoms with van der Waals surface area (Å²) < 4.78 is 44.1. The number of aliphatic hydroxyl groups excluding tert-OH is 8. The van der Waals surface area contributed by atoms with Crippen LogP contribution in [0.2, 0.25) is 0 Å². The van der Waals surface area contributed by atoms with Gasteiger partial charge in [-0.15, -0.1) is 0 Å². The van der Waals surface area contributed by atoms with Crippen LogP contribution >= 0.6 is 0 Å². The Labute approximate surface area is 850 Å². The minimum absolute atomic E-state index is 0. The lowest BCUT2D eigenvalue weighted by atomic mass is 9.92. The van der Waals surface area contributed by atoms with E-state index in [1.165, 1.54) is 9.80 Å². The normalized spacial score (nSPS) is 20.8. The number of alkyl carbamates (subject to hydrolysis) is 4. The molecule has 40 N–H and O–H groups in total. The molecule has 4 heterocycles. The third-order valence-corrected chi connectivity index (χ3v) is 22.5. The van der Waals surface area contributed by atoms with Crippen LogP contribution in [0.3, 0.4) is 0 Å². The molecule has 0 bridgehead atoms. The van der Waals surface area contributed by atoms with Crippen molar-refractivity contribution in [3.8, 4) is 0 Å². The Morgan fingerprint density at radius 2 is 0.473 bits per heavy atom. The number of hydrogen-bond donors (Lipinski definition) is 36. The van der Waals surface area contributed by atoms with E-state index in [-0.39, 0.29) is 66.9 Å². The average Bonchev–Trinajstić information content (AvgIpc) is 0.801. The van der Waals surface area contributed by atoms with Crippen LogP contribution in [-0.4, -0.2) is 430 Å². The van der Waals surface area contributed by atoms with Crippen LogP contribution in [0.15, 0.2) is 47.3 Å². The van der Waals surface area contributed by atoms with Crippen LogP contribution in [0.1, 0.15) is 132 Å². The van der Waals surface area contributed by atoms with Gasteiger partial charge < -0.3 is 207 Å². The van der Waals surface area contributed by atoms with Crippen molar-refractivity contribution in [3.63, 3.8) is 0 Å². The molecule has 0 aromatic carbocycles. The fourth-order valence-corrected chi connectivity index (χ4v) is 15.7. The zero-order valence-electron chi connectivity index (χ0n) is 82.3. The number of ether oxygens (including phenoxy) is 8. The molecule has 20 atom stereocenters. The van der Waals surface area contributed by atoms with E-state index in [9.17, 15) is 138 Å². The highest BCUT2D eigenvalue weighted by molar-refractivity contribution is 5.89. The molecule has 0 saturated carbocycles. The zero-order chi connectivity index (χ0) is 110. The summed E-state index contributed by atoms with van der Waals surface area (Å²) in [6.07, 6.45) is -15.8. The van der Waals surface area contributed by atoms with Crippen molar-refractivity contribution >= 4 is 119 Å². The van der Waals surface area contributed by atoms with Gasteiger partial charge in [0.25, 0.3) is 0 Å². The molecule has 12 amide bonds. The summed E-state index contributed by atoms with van der Waals surface area (Å²) >= 11 is 0. The van der Waals surface area contributed by atoms with Crippen LogP contribution in [0.5, 0.6) is 0 Å². The highest BCUT2D eigenvalue weighted by Gasteiger charge is 2.52. The van der Waals surface area contributed by atoms with Gasteiger partial charge in [-0.25, -0.2) is 38.4 Å². The van der Waals surface area contributed by atoms with Crippen molar-refractivity contribution in [2.75, 3.05) is 118 Å². The maximum Gasteiger partial charge on any atom is 0.407 e. The average molecular weight is 2120 g/mol. The van der Waals surface area contributed by atoms with Crippen LogP contribution in [0, 0.1) is 21.6 Å². The minimum Gasteiger partial charge on any atom is -0.477 e. The van der Waals surface area contributed by atoms with Crippen molar-refractivity contribution in [2.24, 2.45) is 22.9 Å². The lowest BCUT2D eigenvalue weighted by Crippen LogP contribution is -2.65. The third-order valence-electron chi connectivity index (χ3n) is 22.5. The van der Waals surface area contributed by atoms with Gasteiger partial charge in [-0.3, -0.25) is 69.8 Å². The Bertz CT molecular complexity index is 4040. The maximum absolute atomic E-state index is 13.9. The standard InChI is InChI=1S/C86H144N26O36.H2/c1-43(117)103-63-47(107-79(87)88)31-55(75(129)130)141-71(63)67(51(121)39-113)145-83(137)99-25-17-9-5-13-21-95-59(125)35-111(36-60(126)96-22-14-6-10-18-26-100-84(138)146-68(52(122)40-114)72-64(104-44(2)118)48(108-80(89)90)32-56(142-72)76(131)132)29-30-112(37-61(127)97-23-15-7-11-19-27-101-85(139)147-69(53(123)41-115)73-65(105-45(3)119)49(109-81(91)92)33-57(143-73)77(133)134)38-62(128)98-24-16-8-12-20-28-102-86(140)148-70(54(124)42-116)74-66(106-46(4)120)50(110-82(93)94)34-58(144-74)78(135)136;/h31-34,47-54,63-74,113-116,121-124H,5-30,35-42H2,1-4H3,(H,95,125)(H,96,126)(H,97,127)(H,98,128)(H,99,137)(H,100,138)(H,101,139)(H,102,140)(H,103,117)(H,104,118)(H,105,119)(H,106,120)(H,129,130)(H,131,132)(H,133,134)(H,135,136)(H4,87,88,107)(H4,89,90,108)(H4,91,92,109)(H4,93,94,110);1H/t47-,48-,49-,50-,51?,52?,53?,54?,63+,64+,65+,66+,67+,68+,69+,70+,71-,72+,73+,74+;/m0./s1. The van der Waals surface area contributed by atoms with Gasteiger partial charge in [0.1, 0.15) is 24.4 Å². The molecule has 0 aromatic rings. The molecule has 4 aliphatic heterocycles. The van der Waals surface area contributed by atoms with E-state index in [0.29, 0.717) is 103 Å². The van der Waals surface area contributed by atoms with Crippen LogP contribution in [0.25, 0.3) is 0 Å². The molecule has 62 nitrogen and oxygen atoms in total. The number of amides is 12. The lowest BCUT2D eigenvalue weighted by molar-refractivity contribution is -0.147. The van der Waals surface area contributed by atoms with Crippen molar-refractivity contribution in [1.82, 2.24) is 94.9 Å². The number of guanidine groups is 4. The predicted molar refractivity (Wildman–Crippen MR) is 514 cm³/mol. The van der Waals surface area contributed by atoms with E-state index in [1.807, 2.05) is 0 Å². The monoisotopic (exact) mass is 2120 g/mol. The third kappa shape index (κ3) is 46.9. The van der Waals surface area contributed by atoms with Crippen LogP contribution < -0.4 is 108 Å². The molecule has 4 aliphatic rings. The molecule has 4 rings (SSSR count). The number of nitrogens with one attached hydrogen (secondary N) is 20. The Hall–Kier alpha value is -14.4. The quantitative estimate of drug-likeness (QED) is 0.0116. The fourth-order valence-electron chi connectivity index (χ4n) is 15.7. The van der Waals surface area contributed by atoms with Crippen molar-refractivity contribution in [3.05, 3.63) is 47.3 Å². The van der Waals surface area contributed by atoms with Crippen LogP contribution in [-0.2, 0) is 95.4 Å². The minimum atomic E-state index is -1.90. The number of carboxylic acid groups (broad SMARTS) is 4. The predicted octanol–water partition coefficient (Wildman–Crippen LogP) is -10.8. The van der Waals surface area contributed by atoms with Gasteiger partial charge in [-0.2, -0.15) is 0 Å². The number of carboxylic acids is 4. The summed E-state index contributed by atoms with van der Waals surface area (Å²) in [4.78, 5) is 209. The summed E-state index contributed by atoms with van der Waals surface area (Å²) in [5.41, 5.74) is 22.1. The first kappa shape index (κ1) is 126. The first-order valence-corrected chi connectivity index (χ1v) is 47.5. The van der Waals surface area contributed by atoms with Gasteiger partial charge in [0.15, 0.2) is 72.7 Å². The van der Waals surface area contributed by atoms with Gasteiger partial charge in [0, 0.05) is 94.6 Å². The molecule has 0 aliphatic carbocycles. The topological polar surface area (TPSA) is 988 Å². The molecule has 0 aromatic heterocycles. The van der Waals surface area contributed by atoms with Crippen LogP contribution in [0.4, 0.5) is 19.2 Å². The summed E-state index contributed by atoms with van der Waals surface area (Å²) in [6, 6.07) is -10.3. The number of carbonyl (C=O) groups is 16. The molecule has 4 unspecified atom stereocenters. The van der Waals surface area contributed by atoms with Crippen molar-refractivity contribution in [1.29, 1.82) is 21.6 Å². The largest absolute Gasteiger partial charge is 0.477 e. The molecule has 0 spiro atoms. The number of aliphatic hydroxyl groups is 8. The highest BCUT2D eigenvalue weighted by atomic mass is 16.6. The van der Waals surface area contributed by atoms with Gasteiger partial charge in [0.2, 0.25) is 70.3 Å². The number of nitrogens with zero attached hydrogens (tertiary/aromatic N) is 2. The molecule has 0 saturated heterocycles.